The van der Waals surface area contributed by atoms with Gasteiger partial charge in [0.25, 0.3) is 0 Å². The van der Waals surface area contributed by atoms with Crippen LogP contribution < -0.4 is 5.32 Å². The lowest BCUT2D eigenvalue weighted by Gasteiger charge is -2.20. The summed E-state index contributed by atoms with van der Waals surface area (Å²) in [7, 11) is 0. The molecule has 0 fully saturated rings. The van der Waals surface area contributed by atoms with E-state index in [1.54, 1.807) is 11.3 Å². The third-order valence-corrected chi connectivity index (χ3v) is 5.87. The van der Waals surface area contributed by atoms with E-state index in [-0.39, 0.29) is 6.04 Å². The third-order valence-electron chi connectivity index (χ3n) is 2.85. The lowest BCUT2D eigenvalue weighted by Crippen LogP contribution is -2.22. The normalized spacial score (nSPS) is 12.7. The standard InChI is InChI=1S/C14H15Br2NS/c1-3-17-13(14-11(15)7-8-18-14)10-6-4-5-9(2)12(10)16/h4-8,13,17H,3H2,1-2H3. The van der Waals surface area contributed by atoms with Gasteiger partial charge in [0.15, 0.2) is 0 Å². The van der Waals surface area contributed by atoms with E-state index in [2.05, 4.69) is 80.7 Å². The van der Waals surface area contributed by atoms with E-state index in [1.165, 1.54) is 24.9 Å². The van der Waals surface area contributed by atoms with E-state index in [0.29, 0.717) is 0 Å². The van der Waals surface area contributed by atoms with Gasteiger partial charge in [0.2, 0.25) is 0 Å². The number of rotatable bonds is 4. The van der Waals surface area contributed by atoms with Gasteiger partial charge in [-0.05, 0) is 52.0 Å². The second-order valence-corrected chi connectivity index (χ2v) is 6.70. The highest BCUT2D eigenvalue weighted by Gasteiger charge is 2.19. The van der Waals surface area contributed by atoms with Crippen molar-refractivity contribution in [3.63, 3.8) is 0 Å². The highest BCUT2D eigenvalue weighted by Crippen LogP contribution is 2.36. The zero-order valence-electron chi connectivity index (χ0n) is 10.3. The molecule has 1 aromatic carbocycles. The van der Waals surface area contributed by atoms with Crippen molar-refractivity contribution in [2.75, 3.05) is 6.54 Å². The molecule has 0 saturated carbocycles. The van der Waals surface area contributed by atoms with Gasteiger partial charge in [-0.3, -0.25) is 0 Å². The Morgan fingerprint density at radius 3 is 2.67 bits per heavy atom. The van der Waals surface area contributed by atoms with Crippen LogP contribution in [0.4, 0.5) is 0 Å². The fourth-order valence-corrected chi connectivity index (χ4v) is 4.14. The maximum absolute atomic E-state index is 3.71. The van der Waals surface area contributed by atoms with Gasteiger partial charge in [0, 0.05) is 13.8 Å². The van der Waals surface area contributed by atoms with Crippen LogP contribution in [0.25, 0.3) is 0 Å². The number of thiophene rings is 1. The Hall–Kier alpha value is -0.160. The molecule has 0 spiro atoms. The average Bonchev–Trinajstić information content (AvgIpc) is 2.76. The molecular weight excluding hydrogens is 374 g/mol. The van der Waals surface area contributed by atoms with Crippen LogP contribution in [-0.2, 0) is 0 Å². The van der Waals surface area contributed by atoms with Gasteiger partial charge >= 0.3 is 0 Å². The maximum Gasteiger partial charge on any atom is 0.0693 e. The molecule has 0 radical (unpaired) electrons. The molecule has 1 atom stereocenters. The zero-order valence-corrected chi connectivity index (χ0v) is 14.3. The van der Waals surface area contributed by atoms with Gasteiger partial charge in [-0.25, -0.2) is 0 Å². The molecule has 0 saturated heterocycles. The molecule has 1 heterocycles. The van der Waals surface area contributed by atoms with Crippen molar-refractivity contribution in [1.29, 1.82) is 0 Å². The smallest absolute Gasteiger partial charge is 0.0693 e. The number of hydrogen-bond donors (Lipinski definition) is 1. The Kier molecular flexibility index (Phi) is 5.01. The van der Waals surface area contributed by atoms with Crippen LogP contribution in [0.1, 0.15) is 29.0 Å². The SMILES string of the molecule is CCNC(c1cccc(C)c1Br)c1sccc1Br. The highest BCUT2D eigenvalue weighted by molar-refractivity contribution is 9.11. The molecule has 0 aliphatic rings. The molecule has 0 bridgehead atoms. The topological polar surface area (TPSA) is 12.0 Å². The summed E-state index contributed by atoms with van der Waals surface area (Å²) in [4.78, 5) is 1.32. The molecule has 1 unspecified atom stereocenters. The average molecular weight is 389 g/mol. The minimum absolute atomic E-state index is 0.235. The molecule has 1 nitrogen and oxygen atoms in total. The van der Waals surface area contributed by atoms with E-state index in [1.807, 2.05) is 0 Å². The molecular formula is C14H15Br2NS. The Morgan fingerprint density at radius 1 is 1.28 bits per heavy atom. The molecule has 0 aliphatic heterocycles. The summed E-state index contributed by atoms with van der Waals surface area (Å²) in [5, 5.41) is 5.68. The third kappa shape index (κ3) is 2.87. The number of nitrogens with one attached hydrogen (secondary N) is 1. The summed E-state index contributed by atoms with van der Waals surface area (Å²) in [6.45, 7) is 5.20. The fourth-order valence-electron chi connectivity index (χ4n) is 1.95. The van der Waals surface area contributed by atoms with E-state index in [9.17, 15) is 0 Å². The molecule has 4 heteroatoms. The van der Waals surface area contributed by atoms with Crippen LogP contribution in [0.5, 0.6) is 0 Å². The second-order valence-electron chi connectivity index (χ2n) is 4.10. The molecule has 2 rings (SSSR count). The predicted molar refractivity (Wildman–Crippen MR) is 86.4 cm³/mol. The first-order valence-electron chi connectivity index (χ1n) is 5.86. The maximum atomic E-state index is 3.71. The summed E-state index contributed by atoms with van der Waals surface area (Å²) in [5.74, 6) is 0. The van der Waals surface area contributed by atoms with Gasteiger partial charge in [0.1, 0.15) is 0 Å². The lowest BCUT2D eigenvalue weighted by atomic mass is 10.0. The monoisotopic (exact) mass is 387 g/mol. The first-order chi connectivity index (χ1) is 8.65. The lowest BCUT2D eigenvalue weighted by molar-refractivity contribution is 0.635. The van der Waals surface area contributed by atoms with Crippen molar-refractivity contribution in [1.82, 2.24) is 5.32 Å². The number of benzene rings is 1. The zero-order chi connectivity index (χ0) is 13.1. The van der Waals surface area contributed by atoms with Gasteiger partial charge in [-0.2, -0.15) is 0 Å². The molecule has 2 aromatic rings. The van der Waals surface area contributed by atoms with Crippen LogP contribution in [0.2, 0.25) is 0 Å². The minimum Gasteiger partial charge on any atom is -0.306 e. The Morgan fingerprint density at radius 2 is 2.06 bits per heavy atom. The summed E-state index contributed by atoms with van der Waals surface area (Å²) in [5.41, 5.74) is 2.56. The van der Waals surface area contributed by atoms with Gasteiger partial charge in [-0.1, -0.05) is 41.1 Å². The molecule has 1 N–H and O–H groups in total. The predicted octanol–water partition coefficient (Wildman–Crippen LogP) is 5.28. The van der Waals surface area contributed by atoms with Crippen molar-refractivity contribution >= 4 is 43.2 Å². The number of halogens is 2. The Balaban J connectivity index is 2.48. The molecule has 18 heavy (non-hydrogen) atoms. The van der Waals surface area contributed by atoms with E-state index >= 15 is 0 Å². The van der Waals surface area contributed by atoms with Crippen LogP contribution in [0.15, 0.2) is 38.6 Å². The van der Waals surface area contributed by atoms with Gasteiger partial charge in [-0.15, -0.1) is 11.3 Å². The quantitative estimate of drug-likeness (QED) is 0.751. The van der Waals surface area contributed by atoms with Crippen LogP contribution >= 0.6 is 43.2 Å². The van der Waals surface area contributed by atoms with Gasteiger partial charge < -0.3 is 5.32 Å². The Bertz CT molecular complexity index is 536. The van der Waals surface area contributed by atoms with Crippen LogP contribution in [0.3, 0.4) is 0 Å². The summed E-state index contributed by atoms with van der Waals surface area (Å²) in [6, 6.07) is 8.75. The van der Waals surface area contributed by atoms with Crippen molar-refractivity contribution in [2.45, 2.75) is 19.9 Å². The first kappa shape index (κ1) is 14.3. The Labute approximate surface area is 129 Å². The summed E-state index contributed by atoms with van der Waals surface area (Å²) in [6.07, 6.45) is 0. The number of aryl methyl sites for hydroxylation is 1. The molecule has 0 amide bonds. The number of hydrogen-bond acceptors (Lipinski definition) is 2. The summed E-state index contributed by atoms with van der Waals surface area (Å²) < 4.78 is 2.36. The van der Waals surface area contributed by atoms with Gasteiger partial charge in [0.05, 0.1) is 6.04 Å². The molecule has 0 aliphatic carbocycles. The van der Waals surface area contributed by atoms with E-state index in [0.717, 1.165) is 6.54 Å². The van der Waals surface area contributed by atoms with Crippen molar-refractivity contribution in [3.8, 4) is 0 Å². The van der Waals surface area contributed by atoms with E-state index < -0.39 is 0 Å². The van der Waals surface area contributed by atoms with Crippen molar-refractivity contribution in [3.05, 3.63) is 54.6 Å². The second kappa shape index (κ2) is 6.33. The molecule has 1 aromatic heterocycles. The van der Waals surface area contributed by atoms with Crippen molar-refractivity contribution in [2.24, 2.45) is 0 Å². The van der Waals surface area contributed by atoms with Crippen molar-refractivity contribution < 1.29 is 0 Å². The van der Waals surface area contributed by atoms with Crippen LogP contribution in [0, 0.1) is 6.92 Å². The van der Waals surface area contributed by atoms with Crippen LogP contribution in [-0.4, -0.2) is 6.54 Å². The summed E-state index contributed by atoms with van der Waals surface area (Å²) >= 11 is 9.12. The molecule has 96 valence electrons. The largest absolute Gasteiger partial charge is 0.306 e. The fraction of sp³-hybridized carbons (Fsp3) is 0.286. The highest BCUT2D eigenvalue weighted by atomic mass is 79.9. The minimum atomic E-state index is 0.235. The van der Waals surface area contributed by atoms with E-state index in [4.69, 9.17) is 0 Å². The first-order valence-corrected chi connectivity index (χ1v) is 8.33.